The first-order valence-electron chi connectivity index (χ1n) is 9.15. The molecule has 0 aliphatic carbocycles. The predicted molar refractivity (Wildman–Crippen MR) is 97.0 cm³/mol. The molecule has 1 aliphatic rings. The highest BCUT2D eigenvalue weighted by molar-refractivity contribution is 5.96. The molecule has 2 rings (SSSR count). The minimum absolute atomic E-state index is 0.133. The predicted octanol–water partition coefficient (Wildman–Crippen LogP) is 2.90. The Hall–Kier alpha value is -2.21. The largest absolute Gasteiger partial charge is 0.461 e. The highest BCUT2D eigenvalue weighted by Gasteiger charge is 2.44. The van der Waals surface area contributed by atoms with Crippen molar-refractivity contribution in [2.45, 2.75) is 51.6 Å². The van der Waals surface area contributed by atoms with E-state index in [1.807, 2.05) is 13.8 Å². The van der Waals surface area contributed by atoms with Crippen LogP contribution in [0.1, 0.15) is 51.5 Å². The van der Waals surface area contributed by atoms with Gasteiger partial charge in [0.05, 0.1) is 12.5 Å². The number of ether oxygens (including phenoxy) is 2. The number of nitrogens with zero attached hydrogens (tertiary/aromatic N) is 1. The number of aliphatic hydroxyl groups excluding tert-OH is 1. The van der Waals surface area contributed by atoms with Crippen molar-refractivity contribution < 1.29 is 24.2 Å². The summed E-state index contributed by atoms with van der Waals surface area (Å²) in [6.07, 6.45) is 8.52. The summed E-state index contributed by atoms with van der Waals surface area (Å²) in [5.41, 5.74) is 0.0674. The molecule has 6 nitrogen and oxygen atoms in total. The molecule has 1 atom stereocenters. The monoisotopic (exact) mass is 361 g/mol. The standard InChI is InChI=1S/C20H27NO5/c1-3-5-16(6-4-2)18(23)25-14-20(13-22)12-17(19(24)26-20)11-15-7-9-21-10-8-15/h7-11,16,22H,3-6,12-14H2,1-2H3/b17-11-. The number of hydrogen-bond acceptors (Lipinski definition) is 6. The van der Waals surface area contributed by atoms with Gasteiger partial charge in [-0.2, -0.15) is 0 Å². The molecule has 1 unspecified atom stereocenters. The zero-order valence-electron chi connectivity index (χ0n) is 15.4. The van der Waals surface area contributed by atoms with Crippen LogP contribution in [0.25, 0.3) is 6.08 Å². The van der Waals surface area contributed by atoms with Crippen molar-refractivity contribution in [3.8, 4) is 0 Å². The summed E-state index contributed by atoms with van der Waals surface area (Å²) in [4.78, 5) is 28.4. The Labute approximate surface area is 154 Å². The molecule has 0 aromatic carbocycles. The molecule has 0 bridgehead atoms. The molecular formula is C20H27NO5. The van der Waals surface area contributed by atoms with Gasteiger partial charge in [-0.15, -0.1) is 0 Å². The highest BCUT2D eigenvalue weighted by atomic mass is 16.6. The normalized spacial score (nSPS) is 21.2. The van der Waals surface area contributed by atoms with E-state index >= 15 is 0 Å². The minimum Gasteiger partial charge on any atom is -0.461 e. The van der Waals surface area contributed by atoms with Crippen molar-refractivity contribution in [3.05, 3.63) is 35.7 Å². The molecule has 26 heavy (non-hydrogen) atoms. The maximum atomic E-state index is 12.3. The fraction of sp³-hybridized carbons (Fsp3) is 0.550. The van der Waals surface area contributed by atoms with E-state index in [1.54, 1.807) is 30.6 Å². The molecule has 0 amide bonds. The zero-order chi connectivity index (χ0) is 19.0. The smallest absolute Gasteiger partial charge is 0.334 e. The summed E-state index contributed by atoms with van der Waals surface area (Å²) in [5, 5.41) is 9.77. The number of aliphatic hydroxyl groups is 1. The molecule has 1 aromatic heterocycles. The third-order valence-corrected chi connectivity index (χ3v) is 4.50. The molecule has 1 aliphatic heterocycles. The second-order valence-corrected chi connectivity index (χ2v) is 6.74. The Kier molecular flexibility index (Phi) is 7.33. The number of pyridine rings is 1. The Bertz CT molecular complexity index is 637. The third kappa shape index (κ3) is 5.14. The summed E-state index contributed by atoms with van der Waals surface area (Å²) in [6, 6.07) is 3.55. The molecule has 1 fully saturated rings. The lowest BCUT2D eigenvalue weighted by molar-refractivity contribution is -0.169. The van der Waals surface area contributed by atoms with E-state index in [-0.39, 0.29) is 24.9 Å². The van der Waals surface area contributed by atoms with Gasteiger partial charge in [0.15, 0.2) is 5.60 Å². The molecule has 1 aromatic rings. The molecule has 0 spiro atoms. The molecule has 0 saturated carbocycles. The van der Waals surface area contributed by atoms with Crippen LogP contribution in [0.15, 0.2) is 30.1 Å². The molecule has 2 heterocycles. The van der Waals surface area contributed by atoms with E-state index in [0.717, 1.165) is 31.2 Å². The van der Waals surface area contributed by atoms with E-state index in [0.29, 0.717) is 5.57 Å². The van der Waals surface area contributed by atoms with Gasteiger partial charge in [0, 0.05) is 24.4 Å². The van der Waals surface area contributed by atoms with Crippen LogP contribution in [0.5, 0.6) is 0 Å². The van der Waals surface area contributed by atoms with Crippen LogP contribution in [-0.4, -0.2) is 40.8 Å². The van der Waals surface area contributed by atoms with Gasteiger partial charge in [-0.25, -0.2) is 4.79 Å². The Morgan fingerprint density at radius 2 is 2.00 bits per heavy atom. The second kappa shape index (κ2) is 9.48. The van der Waals surface area contributed by atoms with E-state index in [2.05, 4.69) is 4.98 Å². The summed E-state index contributed by atoms with van der Waals surface area (Å²) < 4.78 is 10.8. The van der Waals surface area contributed by atoms with Crippen molar-refractivity contribution in [3.63, 3.8) is 0 Å². The lowest BCUT2D eigenvalue weighted by atomic mass is 9.97. The number of aromatic nitrogens is 1. The number of esters is 2. The molecule has 1 N–H and O–H groups in total. The third-order valence-electron chi connectivity index (χ3n) is 4.50. The topological polar surface area (TPSA) is 85.7 Å². The number of carbonyl (C=O) groups is 2. The summed E-state index contributed by atoms with van der Waals surface area (Å²) >= 11 is 0. The second-order valence-electron chi connectivity index (χ2n) is 6.74. The maximum Gasteiger partial charge on any atom is 0.334 e. The van der Waals surface area contributed by atoms with Crippen LogP contribution in [0, 0.1) is 5.92 Å². The first kappa shape index (κ1) is 20.1. The Morgan fingerprint density at radius 1 is 1.35 bits per heavy atom. The van der Waals surface area contributed by atoms with Gasteiger partial charge in [-0.05, 0) is 36.6 Å². The zero-order valence-corrected chi connectivity index (χ0v) is 15.4. The van der Waals surface area contributed by atoms with Gasteiger partial charge in [0.25, 0.3) is 0 Å². The quantitative estimate of drug-likeness (QED) is 0.538. The van der Waals surface area contributed by atoms with Gasteiger partial charge in [-0.3, -0.25) is 9.78 Å². The van der Waals surface area contributed by atoms with E-state index in [9.17, 15) is 14.7 Å². The molecule has 142 valence electrons. The maximum absolute atomic E-state index is 12.3. The molecule has 0 radical (unpaired) electrons. The van der Waals surface area contributed by atoms with Gasteiger partial charge in [0.2, 0.25) is 0 Å². The van der Waals surface area contributed by atoms with Crippen LogP contribution < -0.4 is 0 Å². The van der Waals surface area contributed by atoms with Crippen molar-refractivity contribution >= 4 is 18.0 Å². The summed E-state index contributed by atoms with van der Waals surface area (Å²) in [6.45, 7) is 3.53. The SMILES string of the molecule is CCCC(CCC)C(=O)OCC1(CO)C/C(=C/c2ccncc2)C(=O)O1. The Morgan fingerprint density at radius 3 is 2.58 bits per heavy atom. The van der Waals surface area contributed by atoms with Crippen molar-refractivity contribution in [1.82, 2.24) is 4.98 Å². The van der Waals surface area contributed by atoms with Crippen molar-refractivity contribution in [2.75, 3.05) is 13.2 Å². The van der Waals surface area contributed by atoms with Crippen LogP contribution in [0.3, 0.4) is 0 Å². The van der Waals surface area contributed by atoms with Crippen LogP contribution in [-0.2, 0) is 19.1 Å². The van der Waals surface area contributed by atoms with Crippen LogP contribution in [0.4, 0.5) is 0 Å². The van der Waals surface area contributed by atoms with Gasteiger partial charge >= 0.3 is 11.9 Å². The summed E-state index contributed by atoms with van der Waals surface area (Å²) in [7, 11) is 0. The fourth-order valence-electron chi connectivity index (χ4n) is 3.10. The number of carbonyl (C=O) groups excluding carboxylic acids is 2. The fourth-order valence-corrected chi connectivity index (χ4v) is 3.10. The number of hydrogen-bond donors (Lipinski definition) is 1. The minimum atomic E-state index is -1.20. The van der Waals surface area contributed by atoms with Gasteiger partial charge < -0.3 is 14.6 Å². The summed E-state index contributed by atoms with van der Waals surface area (Å²) in [5.74, 6) is -0.931. The van der Waals surface area contributed by atoms with Crippen LogP contribution in [0.2, 0.25) is 0 Å². The Balaban J connectivity index is 2.04. The van der Waals surface area contributed by atoms with E-state index in [1.165, 1.54) is 0 Å². The van der Waals surface area contributed by atoms with Gasteiger partial charge in [0.1, 0.15) is 6.61 Å². The molecule has 6 heteroatoms. The number of cyclic esters (lactones) is 1. The first-order chi connectivity index (χ1) is 12.5. The molecule has 1 saturated heterocycles. The van der Waals surface area contributed by atoms with E-state index in [4.69, 9.17) is 9.47 Å². The van der Waals surface area contributed by atoms with Crippen LogP contribution >= 0.6 is 0 Å². The van der Waals surface area contributed by atoms with Crippen molar-refractivity contribution in [1.29, 1.82) is 0 Å². The van der Waals surface area contributed by atoms with Gasteiger partial charge in [-0.1, -0.05) is 26.7 Å². The lowest BCUT2D eigenvalue weighted by Crippen LogP contribution is -2.40. The molecular weight excluding hydrogens is 334 g/mol. The highest BCUT2D eigenvalue weighted by Crippen LogP contribution is 2.32. The van der Waals surface area contributed by atoms with Crippen molar-refractivity contribution in [2.24, 2.45) is 5.92 Å². The lowest BCUT2D eigenvalue weighted by Gasteiger charge is -2.25. The number of rotatable bonds is 9. The first-order valence-corrected chi connectivity index (χ1v) is 9.15. The average molecular weight is 361 g/mol. The average Bonchev–Trinajstić information content (AvgIpc) is 2.96. The van der Waals surface area contributed by atoms with E-state index < -0.39 is 18.2 Å².